The molecule has 0 aromatic carbocycles. The molecular formula is C6H14BrN. The zero-order valence-corrected chi connectivity index (χ0v) is 7.11. The number of rotatable bonds is 3. The summed E-state index contributed by atoms with van der Waals surface area (Å²) in [5, 5.41) is 0. The van der Waals surface area contributed by atoms with Crippen LogP contribution in [0.1, 0.15) is 26.7 Å². The van der Waals surface area contributed by atoms with E-state index in [4.69, 9.17) is 5.73 Å². The van der Waals surface area contributed by atoms with Gasteiger partial charge in [-0.3, -0.25) is 0 Å². The fourth-order valence-corrected chi connectivity index (χ4v) is 0.932. The quantitative estimate of drug-likeness (QED) is 0.659. The van der Waals surface area contributed by atoms with Gasteiger partial charge in [-0.2, -0.15) is 0 Å². The Hall–Kier alpha value is 0.440. The van der Waals surface area contributed by atoms with Crippen LogP contribution in [0.3, 0.4) is 0 Å². The third-order valence-electron chi connectivity index (χ3n) is 1.33. The van der Waals surface area contributed by atoms with E-state index in [0.29, 0.717) is 10.9 Å². The summed E-state index contributed by atoms with van der Waals surface area (Å²) in [4.78, 5) is 0.507. The number of hydrogen-bond donors (Lipinski definition) is 1. The van der Waals surface area contributed by atoms with Crippen LogP contribution in [0.2, 0.25) is 0 Å². The molecular weight excluding hydrogens is 166 g/mol. The summed E-state index contributed by atoms with van der Waals surface area (Å²) in [7, 11) is 0. The van der Waals surface area contributed by atoms with Crippen molar-refractivity contribution in [2.75, 3.05) is 0 Å². The first-order valence-electron chi connectivity index (χ1n) is 3.12. The fourth-order valence-electron chi connectivity index (χ4n) is 0.559. The van der Waals surface area contributed by atoms with E-state index in [9.17, 15) is 0 Å². The van der Waals surface area contributed by atoms with Crippen LogP contribution in [0.4, 0.5) is 0 Å². The van der Waals surface area contributed by atoms with Crippen LogP contribution in [-0.4, -0.2) is 10.9 Å². The maximum Gasteiger partial charge on any atom is 0.0294 e. The molecule has 0 fully saturated rings. The third-order valence-corrected chi connectivity index (χ3v) is 2.65. The molecule has 0 bridgehead atoms. The largest absolute Gasteiger partial charge is 0.327 e. The average Bonchev–Trinajstić information content (AvgIpc) is 1.84. The van der Waals surface area contributed by atoms with E-state index in [1.54, 1.807) is 0 Å². The summed E-state index contributed by atoms with van der Waals surface area (Å²) >= 11 is 3.48. The Morgan fingerprint density at radius 1 is 1.38 bits per heavy atom. The third kappa shape index (κ3) is 2.68. The molecule has 0 aliphatic heterocycles. The Labute approximate surface area is 59.8 Å². The molecule has 0 aromatic heterocycles. The molecule has 50 valence electrons. The van der Waals surface area contributed by atoms with Gasteiger partial charge in [-0.1, -0.05) is 29.8 Å². The van der Waals surface area contributed by atoms with Crippen molar-refractivity contribution in [3.05, 3.63) is 0 Å². The second-order valence-corrected chi connectivity index (χ2v) is 3.17. The monoisotopic (exact) mass is 179 g/mol. The first-order chi connectivity index (χ1) is 3.72. The van der Waals surface area contributed by atoms with E-state index in [0.717, 1.165) is 12.8 Å². The maximum atomic E-state index is 5.68. The van der Waals surface area contributed by atoms with Gasteiger partial charge in [0.25, 0.3) is 0 Å². The molecule has 0 rings (SSSR count). The zero-order chi connectivity index (χ0) is 6.57. The van der Waals surface area contributed by atoms with Crippen LogP contribution < -0.4 is 5.73 Å². The predicted octanol–water partition coefficient (Wildman–Crippen LogP) is 1.90. The lowest BCUT2D eigenvalue weighted by atomic mass is 10.1. The first kappa shape index (κ1) is 8.44. The molecule has 2 N–H and O–H groups in total. The van der Waals surface area contributed by atoms with E-state index in [1.807, 2.05) is 0 Å². The van der Waals surface area contributed by atoms with Gasteiger partial charge in [0.15, 0.2) is 0 Å². The summed E-state index contributed by atoms with van der Waals surface area (Å²) < 4.78 is 0. The van der Waals surface area contributed by atoms with Gasteiger partial charge in [0.05, 0.1) is 0 Å². The van der Waals surface area contributed by atoms with Crippen molar-refractivity contribution in [1.29, 1.82) is 0 Å². The summed E-state index contributed by atoms with van der Waals surface area (Å²) in [6.07, 6.45) is 2.18. The number of hydrogen-bond acceptors (Lipinski definition) is 1. The minimum atomic E-state index is 0.333. The van der Waals surface area contributed by atoms with Gasteiger partial charge in [-0.05, 0) is 12.8 Å². The minimum absolute atomic E-state index is 0.333. The van der Waals surface area contributed by atoms with E-state index in [-0.39, 0.29) is 0 Å². The van der Waals surface area contributed by atoms with Crippen LogP contribution in [0, 0.1) is 0 Å². The molecule has 0 amide bonds. The molecule has 0 saturated heterocycles. The normalized spacial score (nSPS) is 18.0. The van der Waals surface area contributed by atoms with Crippen LogP contribution in [0.15, 0.2) is 0 Å². The molecule has 0 aliphatic carbocycles. The highest BCUT2D eigenvalue weighted by molar-refractivity contribution is 9.09. The molecule has 0 radical (unpaired) electrons. The fraction of sp³-hybridized carbons (Fsp3) is 1.00. The second kappa shape index (κ2) is 4.33. The highest BCUT2D eigenvalue weighted by Crippen LogP contribution is 2.09. The number of nitrogens with two attached hydrogens (primary N) is 1. The topological polar surface area (TPSA) is 26.0 Å². The zero-order valence-electron chi connectivity index (χ0n) is 5.52. The molecule has 0 aromatic rings. The Morgan fingerprint density at radius 2 is 1.88 bits per heavy atom. The van der Waals surface area contributed by atoms with Gasteiger partial charge in [-0.15, -0.1) is 0 Å². The van der Waals surface area contributed by atoms with Crippen LogP contribution in [0.25, 0.3) is 0 Å². The van der Waals surface area contributed by atoms with Crippen molar-refractivity contribution in [3.8, 4) is 0 Å². The van der Waals surface area contributed by atoms with Crippen LogP contribution >= 0.6 is 15.9 Å². The van der Waals surface area contributed by atoms with Crippen LogP contribution in [0.5, 0.6) is 0 Å². The van der Waals surface area contributed by atoms with Crippen molar-refractivity contribution in [3.63, 3.8) is 0 Å². The Balaban J connectivity index is 3.29. The Kier molecular flexibility index (Phi) is 4.57. The van der Waals surface area contributed by atoms with Gasteiger partial charge in [0.2, 0.25) is 0 Å². The molecule has 0 spiro atoms. The number of halogens is 1. The standard InChI is InChI=1S/C6H14BrN/c1-3-5(7)6(8)4-2/h5-6H,3-4,8H2,1-2H3/t5-,6+/m1/s1. The van der Waals surface area contributed by atoms with E-state index < -0.39 is 0 Å². The SMILES string of the molecule is CC[C@@H](Br)[C@@H](N)CC. The highest BCUT2D eigenvalue weighted by atomic mass is 79.9. The molecule has 2 atom stereocenters. The van der Waals surface area contributed by atoms with Crippen molar-refractivity contribution >= 4 is 15.9 Å². The average molecular weight is 180 g/mol. The highest BCUT2D eigenvalue weighted by Gasteiger charge is 2.08. The molecule has 0 aliphatic rings. The predicted molar refractivity (Wildman–Crippen MR) is 41.3 cm³/mol. The lowest BCUT2D eigenvalue weighted by Gasteiger charge is -2.12. The molecule has 0 unspecified atom stereocenters. The smallest absolute Gasteiger partial charge is 0.0294 e. The molecule has 0 saturated carbocycles. The van der Waals surface area contributed by atoms with E-state index in [2.05, 4.69) is 29.8 Å². The van der Waals surface area contributed by atoms with Gasteiger partial charge < -0.3 is 5.73 Å². The summed E-state index contributed by atoms with van der Waals surface area (Å²) in [6.45, 7) is 4.24. The molecule has 8 heavy (non-hydrogen) atoms. The van der Waals surface area contributed by atoms with E-state index >= 15 is 0 Å². The van der Waals surface area contributed by atoms with Gasteiger partial charge >= 0.3 is 0 Å². The summed E-state index contributed by atoms with van der Waals surface area (Å²) in [6, 6.07) is 0.333. The Morgan fingerprint density at radius 3 is 2.00 bits per heavy atom. The second-order valence-electron chi connectivity index (χ2n) is 2.00. The van der Waals surface area contributed by atoms with E-state index in [1.165, 1.54) is 0 Å². The van der Waals surface area contributed by atoms with Crippen LogP contribution in [-0.2, 0) is 0 Å². The minimum Gasteiger partial charge on any atom is -0.327 e. The summed E-state index contributed by atoms with van der Waals surface area (Å²) in [5.41, 5.74) is 5.68. The number of alkyl halides is 1. The van der Waals surface area contributed by atoms with Gasteiger partial charge in [0.1, 0.15) is 0 Å². The lowest BCUT2D eigenvalue weighted by Crippen LogP contribution is -2.28. The molecule has 0 heterocycles. The molecule has 1 nitrogen and oxygen atoms in total. The molecule has 2 heteroatoms. The summed E-state index contributed by atoms with van der Waals surface area (Å²) in [5.74, 6) is 0. The lowest BCUT2D eigenvalue weighted by molar-refractivity contribution is 0.609. The van der Waals surface area contributed by atoms with Gasteiger partial charge in [0, 0.05) is 10.9 Å². The van der Waals surface area contributed by atoms with Crippen molar-refractivity contribution in [1.82, 2.24) is 0 Å². The van der Waals surface area contributed by atoms with Gasteiger partial charge in [-0.25, -0.2) is 0 Å². The van der Waals surface area contributed by atoms with Crippen molar-refractivity contribution in [2.45, 2.75) is 37.6 Å². The Bertz CT molecular complexity index is 48.5. The van der Waals surface area contributed by atoms with Crippen molar-refractivity contribution in [2.24, 2.45) is 5.73 Å². The maximum absolute atomic E-state index is 5.68. The first-order valence-corrected chi connectivity index (χ1v) is 4.03. The van der Waals surface area contributed by atoms with Crippen molar-refractivity contribution < 1.29 is 0 Å².